The molecule has 1 aromatic rings. The first kappa shape index (κ1) is 9.71. The van der Waals surface area contributed by atoms with Gasteiger partial charge in [-0.05, 0) is 37.1 Å². The molecule has 2 nitrogen and oxygen atoms in total. The molecule has 1 aliphatic carbocycles. The Morgan fingerprint density at radius 1 is 1.50 bits per heavy atom. The maximum atomic E-state index is 8.88. The number of thiophene rings is 1. The van der Waals surface area contributed by atoms with E-state index in [1.54, 1.807) is 11.3 Å². The lowest BCUT2D eigenvalue weighted by atomic mass is 9.85. The van der Waals surface area contributed by atoms with Gasteiger partial charge in [0, 0.05) is 10.8 Å². The van der Waals surface area contributed by atoms with Crippen LogP contribution in [0.4, 0.5) is 0 Å². The van der Waals surface area contributed by atoms with E-state index in [0.29, 0.717) is 5.92 Å². The molecule has 0 aromatic carbocycles. The Morgan fingerprint density at radius 2 is 2.43 bits per heavy atom. The molecule has 0 spiro atoms. The second-order valence-electron chi connectivity index (χ2n) is 3.82. The van der Waals surface area contributed by atoms with Gasteiger partial charge in [-0.15, -0.1) is 11.3 Å². The van der Waals surface area contributed by atoms with Crippen LogP contribution < -0.4 is 0 Å². The molecule has 1 atom stereocenters. The molecule has 0 saturated heterocycles. The first-order valence-corrected chi connectivity index (χ1v) is 6.01. The molecule has 1 heterocycles. The molecule has 0 aliphatic heterocycles. The van der Waals surface area contributed by atoms with E-state index in [1.165, 1.54) is 24.1 Å². The van der Waals surface area contributed by atoms with Crippen LogP contribution in [0, 0.1) is 5.92 Å². The molecule has 1 fully saturated rings. The molecule has 0 radical (unpaired) electrons. The lowest BCUT2D eigenvalue weighted by Gasteiger charge is -2.22. The Labute approximate surface area is 88.3 Å². The highest BCUT2D eigenvalue weighted by molar-refractivity contribution is 7.09. The van der Waals surface area contributed by atoms with Crippen molar-refractivity contribution in [2.24, 2.45) is 11.1 Å². The van der Waals surface area contributed by atoms with Gasteiger partial charge in [0.1, 0.15) is 0 Å². The van der Waals surface area contributed by atoms with E-state index in [1.807, 2.05) is 0 Å². The summed E-state index contributed by atoms with van der Waals surface area (Å²) in [5, 5.41) is 14.4. The summed E-state index contributed by atoms with van der Waals surface area (Å²) in [6.45, 7) is 0. The summed E-state index contributed by atoms with van der Waals surface area (Å²) in [6, 6.07) is 4.24. The minimum atomic E-state index is 0.479. The molecule has 1 saturated carbocycles. The summed E-state index contributed by atoms with van der Waals surface area (Å²) >= 11 is 1.79. The average molecular weight is 209 g/mol. The molecule has 1 unspecified atom stereocenters. The third-order valence-electron chi connectivity index (χ3n) is 2.86. The van der Waals surface area contributed by atoms with Crippen LogP contribution in [0.5, 0.6) is 0 Å². The lowest BCUT2D eigenvalue weighted by molar-refractivity contribution is 0.308. The van der Waals surface area contributed by atoms with Gasteiger partial charge in [-0.3, -0.25) is 0 Å². The summed E-state index contributed by atoms with van der Waals surface area (Å²) in [5.74, 6) is 0.479. The fourth-order valence-electron chi connectivity index (χ4n) is 2.09. The molecular weight excluding hydrogens is 194 g/mol. The smallest absolute Gasteiger partial charge is 0.0605 e. The van der Waals surface area contributed by atoms with E-state index in [2.05, 4.69) is 22.7 Å². The van der Waals surface area contributed by atoms with Crippen LogP contribution in [-0.4, -0.2) is 10.9 Å². The van der Waals surface area contributed by atoms with Gasteiger partial charge in [-0.25, -0.2) is 0 Å². The number of nitrogens with zero attached hydrogens (tertiary/aromatic N) is 1. The fourth-order valence-corrected chi connectivity index (χ4v) is 2.88. The molecule has 1 aromatic heterocycles. The quantitative estimate of drug-likeness (QED) is 0.588. The highest BCUT2D eigenvalue weighted by atomic mass is 32.1. The maximum Gasteiger partial charge on any atom is 0.0605 e. The molecule has 2 rings (SSSR count). The Balaban J connectivity index is 2.02. The zero-order valence-electron chi connectivity index (χ0n) is 8.15. The summed E-state index contributed by atoms with van der Waals surface area (Å²) in [7, 11) is 0. The molecule has 76 valence electrons. The van der Waals surface area contributed by atoms with Gasteiger partial charge in [-0.2, -0.15) is 0 Å². The van der Waals surface area contributed by atoms with E-state index in [4.69, 9.17) is 5.21 Å². The number of oxime groups is 1. The van der Waals surface area contributed by atoms with Gasteiger partial charge >= 0.3 is 0 Å². The van der Waals surface area contributed by atoms with Gasteiger partial charge < -0.3 is 5.21 Å². The molecule has 3 heteroatoms. The summed E-state index contributed by atoms with van der Waals surface area (Å²) < 4.78 is 0. The van der Waals surface area contributed by atoms with Crippen molar-refractivity contribution in [3.63, 3.8) is 0 Å². The fraction of sp³-hybridized carbons (Fsp3) is 0.545. The van der Waals surface area contributed by atoms with E-state index in [0.717, 1.165) is 18.6 Å². The molecule has 1 aliphatic rings. The summed E-state index contributed by atoms with van der Waals surface area (Å²) in [6.07, 6.45) is 5.66. The molecule has 0 bridgehead atoms. The third-order valence-corrected chi connectivity index (χ3v) is 3.76. The van der Waals surface area contributed by atoms with Gasteiger partial charge in [0.25, 0.3) is 0 Å². The number of hydrogen-bond acceptors (Lipinski definition) is 3. The van der Waals surface area contributed by atoms with Crippen LogP contribution in [-0.2, 0) is 6.42 Å². The topological polar surface area (TPSA) is 32.6 Å². The predicted octanol–water partition coefficient (Wildman–Crippen LogP) is 3.31. The van der Waals surface area contributed by atoms with Crippen LogP contribution in [0.25, 0.3) is 0 Å². The van der Waals surface area contributed by atoms with Gasteiger partial charge in [0.2, 0.25) is 0 Å². The van der Waals surface area contributed by atoms with Crippen molar-refractivity contribution in [2.75, 3.05) is 0 Å². The van der Waals surface area contributed by atoms with Crippen LogP contribution in [0.15, 0.2) is 22.7 Å². The Morgan fingerprint density at radius 3 is 3.14 bits per heavy atom. The van der Waals surface area contributed by atoms with Crippen LogP contribution in [0.1, 0.15) is 30.6 Å². The Kier molecular flexibility index (Phi) is 3.19. The Hall–Kier alpha value is -0.830. The minimum Gasteiger partial charge on any atom is -0.411 e. The highest BCUT2D eigenvalue weighted by Gasteiger charge is 2.21. The minimum absolute atomic E-state index is 0.479. The monoisotopic (exact) mass is 209 g/mol. The largest absolute Gasteiger partial charge is 0.411 e. The van der Waals surface area contributed by atoms with Crippen molar-refractivity contribution in [1.29, 1.82) is 0 Å². The predicted molar refractivity (Wildman–Crippen MR) is 59.2 cm³/mol. The van der Waals surface area contributed by atoms with Crippen molar-refractivity contribution in [3.05, 3.63) is 22.4 Å². The van der Waals surface area contributed by atoms with Crippen LogP contribution in [0.3, 0.4) is 0 Å². The van der Waals surface area contributed by atoms with Crippen LogP contribution in [0.2, 0.25) is 0 Å². The van der Waals surface area contributed by atoms with E-state index < -0.39 is 0 Å². The van der Waals surface area contributed by atoms with Gasteiger partial charge in [-0.1, -0.05) is 17.6 Å². The van der Waals surface area contributed by atoms with Crippen molar-refractivity contribution >= 4 is 17.0 Å². The van der Waals surface area contributed by atoms with Crippen molar-refractivity contribution in [2.45, 2.75) is 32.1 Å². The number of hydrogen-bond donors (Lipinski definition) is 1. The van der Waals surface area contributed by atoms with E-state index >= 15 is 0 Å². The lowest BCUT2D eigenvalue weighted by Crippen LogP contribution is -2.21. The second kappa shape index (κ2) is 4.60. The second-order valence-corrected chi connectivity index (χ2v) is 4.85. The zero-order chi connectivity index (χ0) is 9.80. The van der Waals surface area contributed by atoms with Crippen molar-refractivity contribution in [3.8, 4) is 0 Å². The van der Waals surface area contributed by atoms with Crippen molar-refractivity contribution < 1.29 is 5.21 Å². The van der Waals surface area contributed by atoms with E-state index in [-0.39, 0.29) is 0 Å². The normalized spacial score (nSPS) is 25.4. The molecule has 0 amide bonds. The first-order chi connectivity index (χ1) is 6.90. The number of rotatable bonds is 2. The standard InChI is InChI=1S/C11H15NOS/c13-12-11-6-2-1-4-9(11)8-10-5-3-7-14-10/h3,5,7,9,13H,1-2,4,6,8H2/b12-11+. The van der Waals surface area contributed by atoms with Gasteiger partial charge in [0.05, 0.1) is 5.71 Å². The van der Waals surface area contributed by atoms with E-state index in [9.17, 15) is 0 Å². The summed E-state index contributed by atoms with van der Waals surface area (Å²) in [5.41, 5.74) is 1.00. The summed E-state index contributed by atoms with van der Waals surface area (Å²) in [4.78, 5) is 1.40. The van der Waals surface area contributed by atoms with Crippen LogP contribution >= 0.6 is 11.3 Å². The molecule has 14 heavy (non-hydrogen) atoms. The Bertz CT molecular complexity index is 305. The maximum absolute atomic E-state index is 8.88. The van der Waals surface area contributed by atoms with Gasteiger partial charge in [0.15, 0.2) is 0 Å². The molecule has 1 N–H and O–H groups in total. The third kappa shape index (κ3) is 2.15. The SMILES string of the molecule is O/N=C1\CCCCC1Cc1cccs1. The average Bonchev–Trinajstić information content (AvgIpc) is 2.71. The zero-order valence-corrected chi connectivity index (χ0v) is 8.96. The first-order valence-electron chi connectivity index (χ1n) is 5.13. The van der Waals surface area contributed by atoms with Crippen molar-refractivity contribution in [1.82, 2.24) is 0 Å². The molecular formula is C11H15NOS. The highest BCUT2D eigenvalue weighted by Crippen LogP contribution is 2.26.